The lowest BCUT2D eigenvalue weighted by Crippen LogP contribution is -2.26. The summed E-state index contributed by atoms with van der Waals surface area (Å²) in [6.45, 7) is 3.27. The quantitative estimate of drug-likeness (QED) is 0.774. The Balaban J connectivity index is 2.17. The topological polar surface area (TPSA) is 95.3 Å². The van der Waals surface area contributed by atoms with Crippen molar-refractivity contribution >= 4 is 10.0 Å². The summed E-state index contributed by atoms with van der Waals surface area (Å²) < 4.78 is 32.1. The van der Waals surface area contributed by atoms with Crippen LogP contribution < -0.4 is 4.72 Å². The Labute approximate surface area is 111 Å². The lowest BCUT2D eigenvalue weighted by Gasteiger charge is -2.10. The van der Waals surface area contributed by atoms with Crippen LogP contribution in [-0.4, -0.2) is 18.5 Å². The van der Waals surface area contributed by atoms with Crippen molar-refractivity contribution < 1.29 is 17.9 Å². The molecular formula is C12H16N2O4S. The second-order valence-corrected chi connectivity index (χ2v) is 6.02. The SMILES string of the molecule is Cc1ccc(C(C)NS(=O)(=O)c2c[nH]c(CO)c2)o1. The van der Waals surface area contributed by atoms with Crippen LogP contribution in [0.3, 0.4) is 0 Å². The number of aromatic nitrogens is 1. The molecule has 1 unspecified atom stereocenters. The van der Waals surface area contributed by atoms with Crippen LogP contribution in [0.5, 0.6) is 0 Å². The number of H-pyrrole nitrogens is 1. The molecule has 2 rings (SSSR count). The van der Waals surface area contributed by atoms with Crippen molar-refractivity contribution in [1.29, 1.82) is 0 Å². The molecule has 0 aromatic carbocycles. The predicted octanol–water partition coefficient (Wildman–Crippen LogP) is 1.45. The summed E-state index contributed by atoms with van der Waals surface area (Å²) in [5.41, 5.74) is 0.446. The van der Waals surface area contributed by atoms with Gasteiger partial charge in [-0.1, -0.05) is 0 Å². The number of aromatic amines is 1. The largest absolute Gasteiger partial charge is 0.465 e. The number of aryl methyl sites for hydroxylation is 1. The van der Waals surface area contributed by atoms with Crippen molar-refractivity contribution in [2.24, 2.45) is 0 Å². The van der Waals surface area contributed by atoms with Gasteiger partial charge in [0.05, 0.1) is 17.5 Å². The summed E-state index contributed by atoms with van der Waals surface area (Å²) in [5, 5.41) is 8.92. The van der Waals surface area contributed by atoms with Crippen LogP contribution >= 0.6 is 0 Å². The molecule has 0 saturated carbocycles. The molecule has 2 aromatic rings. The first-order valence-corrected chi connectivity index (χ1v) is 7.27. The number of aliphatic hydroxyl groups is 1. The third kappa shape index (κ3) is 3.06. The number of aliphatic hydroxyl groups excluding tert-OH is 1. The minimum absolute atomic E-state index is 0.0895. The Morgan fingerprint density at radius 3 is 2.74 bits per heavy atom. The number of rotatable bonds is 5. The first-order chi connectivity index (χ1) is 8.92. The molecule has 1 atom stereocenters. The fraction of sp³-hybridized carbons (Fsp3) is 0.333. The highest BCUT2D eigenvalue weighted by atomic mass is 32.2. The molecule has 19 heavy (non-hydrogen) atoms. The third-order valence-electron chi connectivity index (χ3n) is 2.72. The van der Waals surface area contributed by atoms with Crippen LogP contribution in [0.4, 0.5) is 0 Å². The average Bonchev–Trinajstić information content (AvgIpc) is 2.96. The molecule has 2 aromatic heterocycles. The van der Waals surface area contributed by atoms with E-state index in [9.17, 15) is 8.42 Å². The van der Waals surface area contributed by atoms with Gasteiger partial charge < -0.3 is 14.5 Å². The number of furan rings is 1. The number of hydrogen-bond acceptors (Lipinski definition) is 4. The van der Waals surface area contributed by atoms with E-state index in [1.807, 2.05) is 0 Å². The van der Waals surface area contributed by atoms with E-state index in [2.05, 4.69) is 9.71 Å². The molecule has 0 spiro atoms. The molecule has 3 N–H and O–H groups in total. The molecule has 0 aliphatic heterocycles. The van der Waals surface area contributed by atoms with E-state index in [1.54, 1.807) is 26.0 Å². The summed E-state index contributed by atoms with van der Waals surface area (Å²) in [4.78, 5) is 2.78. The van der Waals surface area contributed by atoms with Crippen molar-refractivity contribution in [2.75, 3.05) is 0 Å². The summed E-state index contributed by atoms with van der Waals surface area (Å²) >= 11 is 0. The highest BCUT2D eigenvalue weighted by Gasteiger charge is 2.21. The summed E-state index contributed by atoms with van der Waals surface area (Å²) in [6, 6.07) is 4.44. The van der Waals surface area contributed by atoms with E-state index in [-0.39, 0.29) is 11.5 Å². The molecule has 0 aliphatic rings. The van der Waals surface area contributed by atoms with Gasteiger partial charge in [-0.05, 0) is 32.0 Å². The van der Waals surface area contributed by atoms with Crippen molar-refractivity contribution in [3.8, 4) is 0 Å². The monoisotopic (exact) mass is 284 g/mol. The Kier molecular flexibility index (Phi) is 3.79. The third-order valence-corrected chi connectivity index (χ3v) is 4.24. The molecule has 0 aliphatic carbocycles. The fourth-order valence-corrected chi connectivity index (χ4v) is 2.94. The van der Waals surface area contributed by atoms with Crippen LogP contribution in [0.1, 0.15) is 30.2 Å². The Morgan fingerprint density at radius 1 is 1.47 bits per heavy atom. The van der Waals surface area contributed by atoms with Crippen LogP contribution in [-0.2, 0) is 16.6 Å². The zero-order chi connectivity index (χ0) is 14.0. The van der Waals surface area contributed by atoms with Gasteiger partial charge in [0.2, 0.25) is 10.0 Å². The van der Waals surface area contributed by atoms with Gasteiger partial charge in [0.15, 0.2) is 0 Å². The van der Waals surface area contributed by atoms with E-state index >= 15 is 0 Å². The van der Waals surface area contributed by atoms with Gasteiger partial charge in [0.1, 0.15) is 11.5 Å². The lowest BCUT2D eigenvalue weighted by molar-refractivity contribution is 0.277. The summed E-state index contributed by atoms with van der Waals surface area (Å²) in [7, 11) is -3.64. The van der Waals surface area contributed by atoms with Crippen molar-refractivity contribution in [2.45, 2.75) is 31.4 Å². The minimum atomic E-state index is -3.64. The van der Waals surface area contributed by atoms with E-state index < -0.39 is 16.1 Å². The number of hydrogen-bond donors (Lipinski definition) is 3. The molecular weight excluding hydrogens is 268 g/mol. The Morgan fingerprint density at radius 2 is 2.21 bits per heavy atom. The highest BCUT2D eigenvalue weighted by Crippen LogP contribution is 2.19. The minimum Gasteiger partial charge on any atom is -0.465 e. The zero-order valence-corrected chi connectivity index (χ0v) is 11.5. The molecule has 0 radical (unpaired) electrons. The van der Waals surface area contributed by atoms with Gasteiger partial charge in [-0.15, -0.1) is 0 Å². The molecule has 6 nitrogen and oxygen atoms in total. The van der Waals surface area contributed by atoms with Gasteiger partial charge in [0, 0.05) is 11.9 Å². The van der Waals surface area contributed by atoms with Crippen LogP contribution in [0, 0.1) is 6.92 Å². The van der Waals surface area contributed by atoms with Crippen LogP contribution in [0.25, 0.3) is 0 Å². The lowest BCUT2D eigenvalue weighted by atomic mass is 10.3. The predicted molar refractivity (Wildman–Crippen MR) is 68.9 cm³/mol. The van der Waals surface area contributed by atoms with Gasteiger partial charge in [-0.3, -0.25) is 0 Å². The smallest absolute Gasteiger partial charge is 0.242 e. The summed E-state index contributed by atoms with van der Waals surface area (Å²) in [6.07, 6.45) is 1.34. The van der Waals surface area contributed by atoms with Gasteiger partial charge in [-0.25, -0.2) is 13.1 Å². The van der Waals surface area contributed by atoms with Crippen molar-refractivity contribution in [3.05, 3.63) is 41.6 Å². The molecule has 0 saturated heterocycles. The molecule has 104 valence electrons. The van der Waals surface area contributed by atoms with E-state index in [0.29, 0.717) is 11.5 Å². The maximum absolute atomic E-state index is 12.1. The standard InChI is InChI=1S/C12H16N2O4S/c1-8-3-4-12(18-8)9(2)14-19(16,17)11-5-10(7-15)13-6-11/h3-6,9,13-15H,7H2,1-2H3. The van der Waals surface area contributed by atoms with Gasteiger partial charge in [0.25, 0.3) is 0 Å². The number of sulfonamides is 1. The Hall–Kier alpha value is -1.57. The van der Waals surface area contributed by atoms with Crippen LogP contribution in [0.15, 0.2) is 33.7 Å². The van der Waals surface area contributed by atoms with E-state index in [4.69, 9.17) is 9.52 Å². The highest BCUT2D eigenvalue weighted by molar-refractivity contribution is 7.89. The van der Waals surface area contributed by atoms with E-state index in [0.717, 1.165) is 5.76 Å². The van der Waals surface area contributed by atoms with Crippen LogP contribution in [0.2, 0.25) is 0 Å². The number of nitrogens with one attached hydrogen (secondary N) is 2. The van der Waals surface area contributed by atoms with Gasteiger partial charge >= 0.3 is 0 Å². The second-order valence-electron chi connectivity index (χ2n) is 4.31. The first-order valence-electron chi connectivity index (χ1n) is 5.79. The first kappa shape index (κ1) is 13.9. The zero-order valence-electron chi connectivity index (χ0n) is 10.7. The molecule has 0 amide bonds. The van der Waals surface area contributed by atoms with Crippen molar-refractivity contribution in [1.82, 2.24) is 9.71 Å². The maximum atomic E-state index is 12.1. The molecule has 0 fully saturated rings. The Bertz CT molecular complexity index is 657. The second kappa shape index (κ2) is 5.20. The molecule has 7 heteroatoms. The fourth-order valence-electron chi connectivity index (χ4n) is 1.71. The van der Waals surface area contributed by atoms with E-state index in [1.165, 1.54) is 12.3 Å². The molecule has 0 bridgehead atoms. The van der Waals surface area contributed by atoms with Crippen molar-refractivity contribution in [3.63, 3.8) is 0 Å². The summed E-state index contributed by atoms with van der Waals surface area (Å²) in [5.74, 6) is 1.28. The maximum Gasteiger partial charge on any atom is 0.242 e. The molecule has 2 heterocycles. The normalized spacial score (nSPS) is 13.6. The average molecular weight is 284 g/mol. The van der Waals surface area contributed by atoms with Gasteiger partial charge in [-0.2, -0.15) is 0 Å².